The van der Waals surface area contributed by atoms with Crippen LogP contribution in [0.1, 0.15) is 35.6 Å². The van der Waals surface area contributed by atoms with Gasteiger partial charge in [-0.1, -0.05) is 48.2 Å². The number of hydrogen-bond acceptors (Lipinski definition) is 9. The Morgan fingerprint density at radius 1 is 1.09 bits per heavy atom. The van der Waals surface area contributed by atoms with Gasteiger partial charge in [-0.05, 0) is 31.5 Å². The first-order valence-corrected chi connectivity index (χ1v) is 14.9. The standard InChI is InChI=1S/C29H33N9O4S/c1-20-27-33-26(21-8-4-3-5-9-21)35-38(27)14-15-42-23-11-6-10-22(16-23)28(41)30-12-7-13-37(17-24(39)32-20)25(40)18-43-29-34-31-19-36(29)2/h3-6,8-11,16,19-20H,7,12-15,17-18H2,1-2H3,(H,30,41)(H,32,39)/t20-/m0/s1. The monoisotopic (exact) mass is 603 g/mol. The van der Waals surface area contributed by atoms with Crippen LogP contribution in [-0.4, -0.2) is 84.1 Å². The van der Waals surface area contributed by atoms with Crippen LogP contribution in [0.25, 0.3) is 11.4 Å². The maximum atomic E-state index is 13.2. The number of fused-ring (bicyclic) bond motifs is 3. The van der Waals surface area contributed by atoms with E-state index in [1.54, 1.807) is 46.9 Å². The van der Waals surface area contributed by atoms with Crippen LogP contribution in [0.4, 0.5) is 0 Å². The summed E-state index contributed by atoms with van der Waals surface area (Å²) < 4.78 is 9.39. The molecule has 5 rings (SSSR count). The van der Waals surface area contributed by atoms with Gasteiger partial charge in [-0.15, -0.1) is 10.2 Å². The lowest BCUT2D eigenvalue weighted by Crippen LogP contribution is -2.43. The number of aromatic nitrogens is 6. The third kappa shape index (κ3) is 7.77. The second-order valence-corrected chi connectivity index (χ2v) is 10.9. The number of nitrogens with zero attached hydrogens (tertiary/aromatic N) is 7. The molecule has 2 aromatic heterocycles. The Balaban J connectivity index is 1.38. The number of benzene rings is 2. The average Bonchev–Trinajstić information content (AvgIpc) is 3.63. The molecule has 13 nitrogen and oxygen atoms in total. The molecule has 3 amide bonds. The summed E-state index contributed by atoms with van der Waals surface area (Å²) in [4.78, 5) is 45.5. The van der Waals surface area contributed by atoms with E-state index in [9.17, 15) is 14.4 Å². The molecule has 0 aliphatic carbocycles. The summed E-state index contributed by atoms with van der Waals surface area (Å²) >= 11 is 1.25. The summed E-state index contributed by atoms with van der Waals surface area (Å²) in [6.07, 6.45) is 2.02. The van der Waals surface area contributed by atoms with E-state index in [1.807, 2.05) is 37.3 Å². The quantitative estimate of drug-likeness (QED) is 0.335. The van der Waals surface area contributed by atoms with Crippen molar-refractivity contribution in [1.29, 1.82) is 0 Å². The largest absolute Gasteiger partial charge is 0.492 e. The highest BCUT2D eigenvalue weighted by Crippen LogP contribution is 2.20. The molecule has 2 aromatic carbocycles. The van der Waals surface area contributed by atoms with Gasteiger partial charge in [0.2, 0.25) is 11.8 Å². The fourth-order valence-corrected chi connectivity index (χ4v) is 5.33. The molecule has 3 heterocycles. The van der Waals surface area contributed by atoms with E-state index in [1.165, 1.54) is 16.7 Å². The maximum absolute atomic E-state index is 13.2. The molecule has 1 aliphatic heterocycles. The zero-order valence-electron chi connectivity index (χ0n) is 24.0. The number of hydrogen-bond donors (Lipinski definition) is 2. The smallest absolute Gasteiger partial charge is 0.251 e. The molecule has 0 saturated carbocycles. The molecule has 43 heavy (non-hydrogen) atoms. The first-order chi connectivity index (χ1) is 20.9. The zero-order chi connectivity index (χ0) is 30.2. The molecule has 14 heteroatoms. The fourth-order valence-electron chi connectivity index (χ4n) is 4.54. The molecule has 2 N–H and O–H groups in total. The van der Waals surface area contributed by atoms with E-state index in [0.29, 0.717) is 47.6 Å². The molecule has 1 aliphatic rings. The van der Waals surface area contributed by atoms with Crippen molar-refractivity contribution < 1.29 is 19.1 Å². The van der Waals surface area contributed by atoms with Gasteiger partial charge in [0, 0.05) is 31.3 Å². The first kappa shape index (κ1) is 29.8. The summed E-state index contributed by atoms with van der Waals surface area (Å²) in [5.41, 5.74) is 1.31. The van der Waals surface area contributed by atoms with Gasteiger partial charge in [-0.25, -0.2) is 9.67 Å². The molecule has 0 spiro atoms. The highest BCUT2D eigenvalue weighted by atomic mass is 32.2. The van der Waals surface area contributed by atoms with Gasteiger partial charge in [0.25, 0.3) is 5.91 Å². The van der Waals surface area contributed by atoms with Crippen LogP contribution in [0.5, 0.6) is 5.75 Å². The predicted molar refractivity (Wildman–Crippen MR) is 159 cm³/mol. The van der Waals surface area contributed by atoms with Crippen LogP contribution in [0.15, 0.2) is 66.1 Å². The second-order valence-electron chi connectivity index (χ2n) is 9.99. The maximum Gasteiger partial charge on any atom is 0.251 e. The van der Waals surface area contributed by atoms with Crippen LogP contribution in [0.3, 0.4) is 0 Å². The highest BCUT2D eigenvalue weighted by Gasteiger charge is 2.23. The van der Waals surface area contributed by atoms with Crippen molar-refractivity contribution >= 4 is 29.5 Å². The normalized spacial score (nSPS) is 16.7. The SMILES string of the molecule is C[C@@H]1NC(=O)CN(C(=O)CSc2nncn2C)CCCNC(=O)c2cccc(c2)OCCn2nc(-c3ccccc3)nc21. The van der Waals surface area contributed by atoms with Gasteiger partial charge in [0.05, 0.1) is 24.9 Å². The number of carbonyl (C=O) groups is 3. The molecule has 0 fully saturated rings. The topological polar surface area (TPSA) is 149 Å². The highest BCUT2D eigenvalue weighted by molar-refractivity contribution is 7.99. The molecule has 224 valence electrons. The van der Waals surface area contributed by atoms with Crippen molar-refractivity contribution in [3.05, 3.63) is 72.3 Å². The molecule has 0 unspecified atom stereocenters. The Morgan fingerprint density at radius 2 is 1.91 bits per heavy atom. The van der Waals surface area contributed by atoms with Crippen LogP contribution in [0.2, 0.25) is 0 Å². The fraction of sp³-hybridized carbons (Fsp3) is 0.345. The summed E-state index contributed by atoms with van der Waals surface area (Å²) in [5, 5.41) is 19.0. The van der Waals surface area contributed by atoms with E-state index >= 15 is 0 Å². The lowest BCUT2D eigenvalue weighted by molar-refractivity contribution is -0.134. The average molecular weight is 604 g/mol. The first-order valence-electron chi connectivity index (χ1n) is 13.9. The van der Waals surface area contributed by atoms with Crippen molar-refractivity contribution in [3.8, 4) is 17.1 Å². The lowest BCUT2D eigenvalue weighted by atomic mass is 10.2. The van der Waals surface area contributed by atoms with Crippen molar-refractivity contribution in [2.24, 2.45) is 7.05 Å². The van der Waals surface area contributed by atoms with Crippen molar-refractivity contribution in [1.82, 2.24) is 45.1 Å². The van der Waals surface area contributed by atoms with Crippen molar-refractivity contribution in [3.63, 3.8) is 0 Å². The third-order valence-electron chi connectivity index (χ3n) is 6.74. The molecule has 0 saturated heterocycles. The van der Waals surface area contributed by atoms with E-state index in [2.05, 4.69) is 20.8 Å². The number of nitrogens with one attached hydrogen (secondary N) is 2. The Bertz CT molecular complexity index is 1570. The molecule has 4 aromatic rings. The molecular weight excluding hydrogens is 570 g/mol. The van der Waals surface area contributed by atoms with Gasteiger partial charge in [-0.3, -0.25) is 14.4 Å². The van der Waals surface area contributed by atoms with Crippen LogP contribution in [0, 0.1) is 0 Å². The van der Waals surface area contributed by atoms with Crippen molar-refractivity contribution in [2.75, 3.05) is 32.0 Å². The Hall–Kier alpha value is -4.72. The van der Waals surface area contributed by atoms with E-state index in [4.69, 9.17) is 14.8 Å². The van der Waals surface area contributed by atoms with Gasteiger partial charge in [0.15, 0.2) is 11.0 Å². The zero-order valence-corrected chi connectivity index (χ0v) is 24.8. The molecule has 0 radical (unpaired) electrons. The van der Waals surface area contributed by atoms with E-state index < -0.39 is 6.04 Å². The number of ether oxygens (including phenoxy) is 1. The summed E-state index contributed by atoms with van der Waals surface area (Å²) in [7, 11) is 1.80. The Labute approximate surface area is 253 Å². The number of rotatable bonds is 4. The number of aryl methyl sites for hydroxylation is 1. The van der Waals surface area contributed by atoms with Crippen LogP contribution in [-0.2, 0) is 23.2 Å². The Morgan fingerprint density at radius 3 is 2.70 bits per heavy atom. The van der Waals surface area contributed by atoms with E-state index in [-0.39, 0.29) is 43.2 Å². The van der Waals surface area contributed by atoms with Gasteiger partial charge in [-0.2, -0.15) is 5.10 Å². The number of amides is 3. The van der Waals surface area contributed by atoms with Gasteiger partial charge in [0.1, 0.15) is 24.5 Å². The second kappa shape index (κ2) is 14.0. The Kier molecular flexibility index (Phi) is 9.66. The number of carbonyl (C=O) groups excluding carboxylic acids is 3. The lowest BCUT2D eigenvalue weighted by Gasteiger charge is -2.23. The van der Waals surface area contributed by atoms with Gasteiger partial charge < -0.3 is 24.8 Å². The molecule has 2 bridgehead atoms. The minimum atomic E-state index is -0.496. The summed E-state index contributed by atoms with van der Waals surface area (Å²) in [6, 6.07) is 16.1. The van der Waals surface area contributed by atoms with Crippen LogP contribution >= 0.6 is 11.8 Å². The molecular formula is C29H33N9O4S. The molecule has 1 atom stereocenters. The van der Waals surface area contributed by atoms with Crippen molar-refractivity contribution in [2.45, 2.75) is 31.1 Å². The van der Waals surface area contributed by atoms with Gasteiger partial charge >= 0.3 is 0 Å². The summed E-state index contributed by atoms with van der Waals surface area (Å²) in [6.45, 7) is 2.91. The minimum Gasteiger partial charge on any atom is -0.492 e. The number of thioether (sulfide) groups is 1. The summed E-state index contributed by atoms with van der Waals surface area (Å²) in [5.74, 6) is 0.910. The van der Waals surface area contributed by atoms with E-state index in [0.717, 1.165) is 5.56 Å². The third-order valence-corrected chi connectivity index (χ3v) is 7.76. The minimum absolute atomic E-state index is 0.0866. The van der Waals surface area contributed by atoms with Crippen LogP contribution < -0.4 is 15.4 Å². The predicted octanol–water partition coefficient (Wildman–Crippen LogP) is 2.08.